The molecular formula is C8H6N2O3S. The Morgan fingerprint density at radius 2 is 2.36 bits per heavy atom. The van der Waals surface area contributed by atoms with Crippen LogP contribution in [0, 0.1) is 10.1 Å². The lowest BCUT2D eigenvalue weighted by Crippen LogP contribution is -1.88. The number of ether oxygens (including phenoxy) is 1. The molecule has 1 aromatic carbocycles. The minimum Gasteiger partial charge on any atom is -0.473 e. The molecule has 2 aromatic rings. The number of fused-ring (bicyclic) bond motifs is 1. The monoisotopic (exact) mass is 210 g/mol. The summed E-state index contributed by atoms with van der Waals surface area (Å²) in [6.07, 6.45) is 0. The predicted octanol–water partition coefficient (Wildman–Crippen LogP) is 2.21. The highest BCUT2D eigenvalue weighted by molar-refractivity contribution is 7.20. The Kier molecular flexibility index (Phi) is 2.05. The minimum absolute atomic E-state index is 0.0158. The lowest BCUT2D eigenvalue weighted by atomic mass is 10.3. The summed E-state index contributed by atoms with van der Waals surface area (Å²) in [7, 11) is 1.49. The van der Waals surface area contributed by atoms with Crippen LogP contribution in [0.5, 0.6) is 5.19 Å². The summed E-state index contributed by atoms with van der Waals surface area (Å²) in [6.45, 7) is 0. The second-order valence-electron chi connectivity index (χ2n) is 2.56. The van der Waals surface area contributed by atoms with Gasteiger partial charge in [0.2, 0.25) is 0 Å². The standard InChI is InChI=1S/C8H6N2O3S/c1-13-8-9-7-5(10(11)12)3-2-4-6(7)14-8/h2-4H,1H3. The van der Waals surface area contributed by atoms with Crippen LogP contribution in [-0.2, 0) is 0 Å². The summed E-state index contributed by atoms with van der Waals surface area (Å²) in [4.78, 5) is 14.2. The average Bonchev–Trinajstić information content (AvgIpc) is 2.59. The SMILES string of the molecule is COc1nc2c([N+](=O)[O-])cccc2s1. The number of non-ortho nitro benzene ring substituents is 1. The maximum atomic E-state index is 10.6. The number of nitro groups is 1. The highest BCUT2D eigenvalue weighted by Gasteiger charge is 2.15. The van der Waals surface area contributed by atoms with Gasteiger partial charge in [0.05, 0.1) is 16.7 Å². The highest BCUT2D eigenvalue weighted by atomic mass is 32.1. The molecule has 0 aliphatic carbocycles. The number of aromatic nitrogens is 1. The van der Waals surface area contributed by atoms with Crippen molar-refractivity contribution in [3.8, 4) is 5.19 Å². The molecule has 0 unspecified atom stereocenters. The van der Waals surface area contributed by atoms with Gasteiger partial charge < -0.3 is 4.74 Å². The maximum Gasteiger partial charge on any atom is 0.296 e. The zero-order valence-corrected chi connectivity index (χ0v) is 8.08. The fourth-order valence-corrected chi connectivity index (χ4v) is 1.95. The van der Waals surface area contributed by atoms with Crippen molar-refractivity contribution < 1.29 is 9.66 Å². The number of para-hydroxylation sites is 1. The summed E-state index contributed by atoms with van der Waals surface area (Å²) in [5.74, 6) is 0. The quantitative estimate of drug-likeness (QED) is 0.563. The van der Waals surface area contributed by atoms with Crippen LogP contribution < -0.4 is 4.74 Å². The zero-order chi connectivity index (χ0) is 10.1. The molecule has 0 radical (unpaired) electrons. The van der Waals surface area contributed by atoms with Crippen molar-refractivity contribution in [2.75, 3.05) is 7.11 Å². The van der Waals surface area contributed by atoms with E-state index in [0.717, 1.165) is 4.70 Å². The molecule has 0 amide bonds. The van der Waals surface area contributed by atoms with Crippen LogP contribution in [0.2, 0.25) is 0 Å². The lowest BCUT2D eigenvalue weighted by molar-refractivity contribution is -0.383. The molecule has 0 aliphatic heterocycles. The fraction of sp³-hybridized carbons (Fsp3) is 0.125. The molecule has 0 spiro atoms. The molecule has 0 fully saturated rings. The van der Waals surface area contributed by atoms with E-state index in [2.05, 4.69) is 4.98 Å². The number of nitro benzene ring substituents is 1. The van der Waals surface area contributed by atoms with Crippen LogP contribution in [0.15, 0.2) is 18.2 Å². The van der Waals surface area contributed by atoms with E-state index in [0.29, 0.717) is 10.7 Å². The first-order chi connectivity index (χ1) is 6.72. The smallest absolute Gasteiger partial charge is 0.296 e. The first-order valence-electron chi connectivity index (χ1n) is 3.80. The van der Waals surface area contributed by atoms with Gasteiger partial charge in [-0.1, -0.05) is 17.4 Å². The van der Waals surface area contributed by atoms with Crippen LogP contribution in [0.25, 0.3) is 10.2 Å². The summed E-state index contributed by atoms with van der Waals surface area (Å²) < 4.78 is 5.68. The third kappa shape index (κ3) is 1.29. The van der Waals surface area contributed by atoms with E-state index < -0.39 is 4.92 Å². The molecule has 0 aliphatic rings. The Balaban J connectivity index is 2.73. The Hall–Kier alpha value is -1.69. The Morgan fingerprint density at radius 3 is 3.00 bits per heavy atom. The van der Waals surface area contributed by atoms with Crippen LogP contribution in [0.3, 0.4) is 0 Å². The van der Waals surface area contributed by atoms with Crippen molar-refractivity contribution in [3.05, 3.63) is 28.3 Å². The topological polar surface area (TPSA) is 65.3 Å². The molecule has 0 N–H and O–H groups in total. The molecule has 0 saturated heterocycles. The molecule has 5 nitrogen and oxygen atoms in total. The van der Waals surface area contributed by atoms with E-state index in [1.165, 1.54) is 24.5 Å². The number of benzene rings is 1. The van der Waals surface area contributed by atoms with E-state index in [1.54, 1.807) is 12.1 Å². The fourth-order valence-electron chi connectivity index (χ4n) is 1.15. The van der Waals surface area contributed by atoms with Gasteiger partial charge in [-0.3, -0.25) is 10.1 Å². The molecule has 0 atom stereocenters. The Labute approximate surface area is 83.1 Å². The number of methoxy groups -OCH3 is 1. The van der Waals surface area contributed by atoms with Crippen molar-refractivity contribution in [3.63, 3.8) is 0 Å². The molecule has 1 aromatic heterocycles. The lowest BCUT2D eigenvalue weighted by Gasteiger charge is -1.90. The number of hydrogen-bond acceptors (Lipinski definition) is 5. The van der Waals surface area contributed by atoms with Gasteiger partial charge in [-0.05, 0) is 6.07 Å². The normalized spacial score (nSPS) is 10.4. The van der Waals surface area contributed by atoms with E-state index in [4.69, 9.17) is 4.74 Å². The number of nitrogens with zero attached hydrogens (tertiary/aromatic N) is 2. The van der Waals surface area contributed by atoms with Gasteiger partial charge >= 0.3 is 0 Å². The summed E-state index contributed by atoms with van der Waals surface area (Å²) in [5, 5.41) is 11.1. The number of hydrogen-bond donors (Lipinski definition) is 0. The van der Waals surface area contributed by atoms with Crippen molar-refractivity contribution in [2.45, 2.75) is 0 Å². The first-order valence-corrected chi connectivity index (χ1v) is 4.62. The molecule has 14 heavy (non-hydrogen) atoms. The molecule has 2 rings (SSSR count). The van der Waals surface area contributed by atoms with Crippen molar-refractivity contribution in [1.82, 2.24) is 4.98 Å². The summed E-state index contributed by atoms with van der Waals surface area (Å²) >= 11 is 1.29. The van der Waals surface area contributed by atoms with Crippen LogP contribution in [-0.4, -0.2) is 17.0 Å². The number of rotatable bonds is 2. The van der Waals surface area contributed by atoms with Gasteiger partial charge in [0.25, 0.3) is 10.9 Å². The minimum atomic E-state index is -0.443. The molecule has 6 heteroatoms. The molecule has 72 valence electrons. The number of thiazole rings is 1. The molecule has 0 bridgehead atoms. The van der Waals surface area contributed by atoms with Gasteiger partial charge in [-0.25, -0.2) is 0 Å². The van der Waals surface area contributed by atoms with Crippen LogP contribution in [0.4, 0.5) is 5.69 Å². The van der Waals surface area contributed by atoms with Crippen LogP contribution >= 0.6 is 11.3 Å². The van der Waals surface area contributed by atoms with E-state index in [1.807, 2.05) is 0 Å². The van der Waals surface area contributed by atoms with Gasteiger partial charge in [0.1, 0.15) is 0 Å². The van der Waals surface area contributed by atoms with Crippen molar-refractivity contribution in [1.29, 1.82) is 0 Å². The second-order valence-corrected chi connectivity index (χ2v) is 3.56. The van der Waals surface area contributed by atoms with E-state index in [-0.39, 0.29) is 5.69 Å². The highest BCUT2D eigenvalue weighted by Crippen LogP contribution is 2.32. The Bertz CT molecular complexity index is 494. The first kappa shape index (κ1) is 8.89. The summed E-state index contributed by atoms with van der Waals surface area (Å²) in [5.41, 5.74) is 0.404. The van der Waals surface area contributed by atoms with E-state index in [9.17, 15) is 10.1 Å². The van der Waals surface area contributed by atoms with Gasteiger partial charge in [0, 0.05) is 6.07 Å². The van der Waals surface area contributed by atoms with Gasteiger partial charge in [-0.2, -0.15) is 4.98 Å². The predicted molar refractivity (Wildman–Crippen MR) is 52.8 cm³/mol. The van der Waals surface area contributed by atoms with Gasteiger partial charge in [-0.15, -0.1) is 0 Å². The molecular weight excluding hydrogens is 204 g/mol. The average molecular weight is 210 g/mol. The summed E-state index contributed by atoms with van der Waals surface area (Å²) in [6, 6.07) is 4.85. The zero-order valence-electron chi connectivity index (χ0n) is 7.26. The van der Waals surface area contributed by atoms with Gasteiger partial charge in [0.15, 0.2) is 5.52 Å². The van der Waals surface area contributed by atoms with Crippen molar-refractivity contribution in [2.24, 2.45) is 0 Å². The third-order valence-corrected chi connectivity index (χ3v) is 2.73. The Morgan fingerprint density at radius 1 is 1.57 bits per heavy atom. The third-order valence-electron chi connectivity index (χ3n) is 1.75. The molecule has 1 heterocycles. The van der Waals surface area contributed by atoms with Crippen molar-refractivity contribution >= 4 is 27.2 Å². The van der Waals surface area contributed by atoms with E-state index >= 15 is 0 Å². The molecule has 0 saturated carbocycles. The second kappa shape index (κ2) is 3.22. The largest absolute Gasteiger partial charge is 0.473 e. The van der Waals surface area contributed by atoms with Crippen LogP contribution in [0.1, 0.15) is 0 Å². The maximum absolute atomic E-state index is 10.6.